The fourth-order valence-electron chi connectivity index (χ4n) is 3.42. The molecule has 2 aromatic heterocycles. The fraction of sp³-hybridized carbons (Fsp3) is 0.524. The van der Waals surface area contributed by atoms with Crippen molar-refractivity contribution >= 4 is 35.0 Å². The second-order valence-electron chi connectivity index (χ2n) is 8.08. The molecule has 4 rings (SSSR count). The van der Waals surface area contributed by atoms with E-state index in [4.69, 9.17) is 24.5 Å². The molecule has 2 aliphatic heterocycles. The highest BCUT2D eigenvalue weighted by Crippen LogP contribution is 2.46. The number of thiazole rings is 1. The van der Waals surface area contributed by atoms with Gasteiger partial charge < -0.3 is 14.9 Å². The van der Waals surface area contributed by atoms with Gasteiger partial charge >= 0.3 is 24.3 Å². The summed E-state index contributed by atoms with van der Waals surface area (Å²) in [4.78, 5) is 29.2. The quantitative estimate of drug-likeness (QED) is 0.502. The number of likely N-dealkylation sites (tertiary alicyclic amines) is 1. The van der Waals surface area contributed by atoms with Gasteiger partial charge in [0.15, 0.2) is 0 Å². The minimum atomic E-state index is -5.08. The molecule has 8 nitrogen and oxygen atoms in total. The second kappa shape index (κ2) is 12.9. The number of aryl methyl sites for hydroxylation is 1. The van der Waals surface area contributed by atoms with Crippen molar-refractivity contribution < 1.29 is 50.9 Å². The van der Waals surface area contributed by atoms with Crippen LogP contribution in [-0.2, 0) is 27.5 Å². The number of ether oxygens (including phenoxy) is 1. The van der Waals surface area contributed by atoms with Crippen molar-refractivity contribution in [1.82, 2.24) is 14.9 Å². The fourth-order valence-corrected chi connectivity index (χ4v) is 5.68. The second-order valence-corrected chi connectivity index (χ2v) is 10.5. The summed E-state index contributed by atoms with van der Waals surface area (Å²) in [5, 5.41) is 17.5. The predicted molar refractivity (Wildman–Crippen MR) is 122 cm³/mol. The summed E-state index contributed by atoms with van der Waals surface area (Å²) in [7, 11) is 0. The molecule has 2 fully saturated rings. The molecule has 0 aromatic carbocycles. The average Bonchev–Trinajstić information content (AvgIpc) is 3.42. The zero-order chi connectivity index (χ0) is 27.9. The monoisotopic (exact) mass is 575 g/mol. The van der Waals surface area contributed by atoms with E-state index in [-0.39, 0.29) is 0 Å². The van der Waals surface area contributed by atoms with Crippen molar-refractivity contribution in [3.63, 3.8) is 0 Å². The Kier molecular flexibility index (Phi) is 10.7. The Balaban J connectivity index is 0.000000286. The molecule has 0 saturated carbocycles. The molecule has 2 N–H and O–H groups in total. The van der Waals surface area contributed by atoms with E-state index < -0.39 is 24.3 Å². The molecule has 0 amide bonds. The van der Waals surface area contributed by atoms with Crippen molar-refractivity contribution in [2.45, 2.75) is 49.7 Å². The van der Waals surface area contributed by atoms with Gasteiger partial charge in [0.05, 0.1) is 24.9 Å². The molecule has 1 spiro atoms. The number of hydrogen-bond donors (Lipinski definition) is 2. The maximum Gasteiger partial charge on any atom is 0.490 e. The zero-order valence-corrected chi connectivity index (χ0v) is 20.9. The van der Waals surface area contributed by atoms with Crippen LogP contribution in [0.15, 0.2) is 29.8 Å². The molecule has 1 unspecified atom stereocenters. The van der Waals surface area contributed by atoms with Gasteiger partial charge in [-0.05, 0) is 25.5 Å². The molecular weight excluding hydrogens is 552 g/mol. The van der Waals surface area contributed by atoms with Crippen LogP contribution in [0.4, 0.5) is 26.3 Å². The van der Waals surface area contributed by atoms with Crippen LogP contribution in [0.1, 0.15) is 22.8 Å². The van der Waals surface area contributed by atoms with Crippen molar-refractivity contribution in [2.75, 3.05) is 18.8 Å². The Labute approximate surface area is 215 Å². The summed E-state index contributed by atoms with van der Waals surface area (Å²) in [5.41, 5.74) is 2.09. The third-order valence-electron chi connectivity index (χ3n) is 4.94. The van der Waals surface area contributed by atoms with Gasteiger partial charge in [-0.25, -0.2) is 14.6 Å². The van der Waals surface area contributed by atoms with Crippen LogP contribution in [0.5, 0.6) is 0 Å². The number of carbonyl (C=O) groups is 2. The van der Waals surface area contributed by atoms with Gasteiger partial charge in [-0.3, -0.25) is 9.88 Å². The molecule has 0 aliphatic carbocycles. The zero-order valence-electron chi connectivity index (χ0n) is 19.3. The number of carboxylic acid groups (broad SMARTS) is 2. The summed E-state index contributed by atoms with van der Waals surface area (Å²) < 4.78 is 70.0. The van der Waals surface area contributed by atoms with E-state index in [1.165, 1.54) is 18.1 Å². The van der Waals surface area contributed by atoms with Gasteiger partial charge in [0.1, 0.15) is 5.01 Å². The van der Waals surface area contributed by atoms with E-state index in [9.17, 15) is 26.3 Å². The number of carboxylic acids is 2. The minimum Gasteiger partial charge on any atom is -0.475 e. The van der Waals surface area contributed by atoms with Crippen LogP contribution >= 0.6 is 23.1 Å². The Morgan fingerprint density at radius 2 is 1.73 bits per heavy atom. The number of aliphatic carboxylic acids is 2. The number of halogens is 6. The molecule has 37 heavy (non-hydrogen) atoms. The van der Waals surface area contributed by atoms with E-state index in [1.807, 2.05) is 31.3 Å². The van der Waals surface area contributed by atoms with Crippen LogP contribution in [0, 0.1) is 6.92 Å². The van der Waals surface area contributed by atoms with Gasteiger partial charge in [0, 0.05) is 40.9 Å². The number of hydrogen-bond acceptors (Lipinski definition) is 8. The lowest BCUT2D eigenvalue weighted by molar-refractivity contribution is -0.193. The highest BCUT2D eigenvalue weighted by Gasteiger charge is 2.49. The van der Waals surface area contributed by atoms with E-state index in [0.717, 1.165) is 30.1 Å². The molecule has 2 aliphatic rings. The van der Waals surface area contributed by atoms with Crippen LogP contribution in [0.2, 0.25) is 0 Å². The Hall–Kier alpha value is -2.43. The number of thioether (sulfide) groups is 1. The Morgan fingerprint density at radius 1 is 1.14 bits per heavy atom. The molecule has 2 aromatic rings. The van der Waals surface area contributed by atoms with Crippen molar-refractivity contribution in [1.29, 1.82) is 0 Å². The van der Waals surface area contributed by atoms with Gasteiger partial charge in [-0.2, -0.15) is 26.3 Å². The third-order valence-corrected chi connectivity index (χ3v) is 7.28. The highest BCUT2D eigenvalue weighted by molar-refractivity contribution is 8.01. The molecule has 2 saturated heterocycles. The van der Waals surface area contributed by atoms with Crippen LogP contribution in [-0.4, -0.2) is 79.1 Å². The number of nitrogens with zero attached hydrogens (tertiary/aromatic N) is 3. The lowest BCUT2D eigenvalue weighted by Crippen LogP contribution is -2.58. The standard InChI is InChI=1S/C17H21N3OS2.2C2HF3O2/c1-13-3-2-4-14(19-13)9-21-15-7-17(23-10-15)11-20(12-17)8-16-18-5-6-22-16;2*3-2(4,5)1(6)7/h2-6,15H,7-12H2,1H3;2*(H,6,7). The first-order valence-corrected chi connectivity index (χ1v) is 12.4. The summed E-state index contributed by atoms with van der Waals surface area (Å²) in [6.45, 7) is 5.99. The maximum atomic E-state index is 10.6. The SMILES string of the molecule is Cc1cccc(COC2CSC3(C2)CN(Cc2nccs2)C3)n1.O=C(O)C(F)(F)F.O=C(O)C(F)(F)F. The van der Waals surface area contributed by atoms with E-state index in [2.05, 4.69) is 32.0 Å². The molecule has 0 bridgehead atoms. The Morgan fingerprint density at radius 3 is 2.22 bits per heavy atom. The van der Waals surface area contributed by atoms with E-state index in [0.29, 0.717) is 17.5 Å². The number of alkyl halides is 6. The van der Waals surface area contributed by atoms with Crippen molar-refractivity contribution in [3.8, 4) is 0 Å². The number of rotatable bonds is 5. The first-order valence-electron chi connectivity index (χ1n) is 10.5. The Bertz CT molecular complexity index is 1010. The molecule has 1 atom stereocenters. The lowest BCUT2D eigenvalue weighted by Gasteiger charge is -2.47. The maximum absolute atomic E-state index is 10.6. The first kappa shape index (κ1) is 30.8. The van der Waals surface area contributed by atoms with Gasteiger partial charge in [-0.15, -0.1) is 23.1 Å². The first-order chi connectivity index (χ1) is 17.1. The largest absolute Gasteiger partial charge is 0.490 e. The van der Waals surface area contributed by atoms with Gasteiger partial charge in [-0.1, -0.05) is 6.07 Å². The van der Waals surface area contributed by atoms with E-state index in [1.54, 1.807) is 11.3 Å². The van der Waals surface area contributed by atoms with Gasteiger partial charge in [0.25, 0.3) is 0 Å². The van der Waals surface area contributed by atoms with Crippen LogP contribution in [0.3, 0.4) is 0 Å². The highest BCUT2D eigenvalue weighted by atomic mass is 32.2. The summed E-state index contributed by atoms with van der Waals surface area (Å²) in [5.74, 6) is -4.41. The molecule has 0 radical (unpaired) electrons. The van der Waals surface area contributed by atoms with Crippen LogP contribution < -0.4 is 0 Å². The molecule has 4 heterocycles. The third kappa shape index (κ3) is 10.5. The summed E-state index contributed by atoms with van der Waals surface area (Å²) >= 11 is 3.84. The number of aromatic nitrogens is 2. The molecule has 16 heteroatoms. The average molecular weight is 576 g/mol. The van der Waals surface area contributed by atoms with Crippen LogP contribution in [0.25, 0.3) is 0 Å². The topological polar surface area (TPSA) is 113 Å². The minimum absolute atomic E-state index is 0.365. The normalized spacial score (nSPS) is 18.7. The molecule has 206 valence electrons. The smallest absolute Gasteiger partial charge is 0.475 e. The van der Waals surface area contributed by atoms with Crippen molar-refractivity contribution in [3.05, 3.63) is 46.2 Å². The van der Waals surface area contributed by atoms with Gasteiger partial charge in [0.2, 0.25) is 0 Å². The summed E-state index contributed by atoms with van der Waals surface area (Å²) in [6.07, 6.45) is -6.75. The predicted octanol–water partition coefficient (Wildman–Crippen LogP) is 4.39. The lowest BCUT2D eigenvalue weighted by atomic mass is 9.93. The summed E-state index contributed by atoms with van der Waals surface area (Å²) in [6, 6.07) is 6.12. The van der Waals surface area contributed by atoms with Crippen molar-refractivity contribution in [2.24, 2.45) is 0 Å². The van der Waals surface area contributed by atoms with E-state index >= 15 is 0 Å². The molecular formula is C21H23F6N3O5S2. The number of pyridine rings is 1.